The van der Waals surface area contributed by atoms with Gasteiger partial charge in [-0.3, -0.25) is 9.59 Å². The molecule has 8 heteroatoms. The zero-order valence-corrected chi connectivity index (χ0v) is 19.9. The molecule has 2 N–H and O–H groups in total. The summed E-state index contributed by atoms with van der Waals surface area (Å²) in [5, 5.41) is 7.71. The van der Waals surface area contributed by atoms with Gasteiger partial charge in [0.2, 0.25) is 0 Å². The Morgan fingerprint density at radius 3 is 2.27 bits per heavy atom. The number of carbonyl (C=O) groups excluding carboxylic acids is 2. The predicted molar refractivity (Wildman–Crippen MR) is 132 cm³/mol. The largest absolute Gasteiger partial charge is 0.489 e. The number of nitrogens with one attached hydrogen (secondary N) is 2. The highest BCUT2D eigenvalue weighted by Gasteiger charge is 2.14. The predicted octanol–water partition coefficient (Wildman–Crippen LogP) is 5.67. The van der Waals surface area contributed by atoms with E-state index in [1.807, 2.05) is 26.0 Å². The van der Waals surface area contributed by atoms with Gasteiger partial charge in [0.25, 0.3) is 0 Å². The van der Waals surface area contributed by atoms with Gasteiger partial charge >= 0.3 is 11.8 Å². The van der Waals surface area contributed by atoms with Crippen LogP contribution < -0.4 is 15.5 Å². The maximum absolute atomic E-state index is 12.2. The fourth-order valence-corrected chi connectivity index (χ4v) is 3.42. The molecule has 0 aliphatic rings. The number of benzene rings is 3. The Morgan fingerprint density at radius 1 is 0.939 bits per heavy atom. The normalized spacial score (nSPS) is 11.1. The van der Waals surface area contributed by atoms with Gasteiger partial charge in [0, 0.05) is 21.3 Å². The van der Waals surface area contributed by atoms with Crippen molar-refractivity contribution >= 4 is 46.4 Å². The molecule has 3 aromatic carbocycles. The van der Waals surface area contributed by atoms with E-state index in [0.29, 0.717) is 32.8 Å². The summed E-state index contributed by atoms with van der Waals surface area (Å²) in [7, 11) is 0. The van der Waals surface area contributed by atoms with Crippen LogP contribution in [-0.2, 0) is 16.2 Å². The van der Waals surface area contributed by atoms with E-state index >= 15 is 0 Å². The molecule has 0 unspecified atom stereocenters. The maximum atomic E-state index is 12.2. The third-order valence-electron chi connectivity index (χ3n) is 4.89. The Balaban J connectivity index is 1.57. The first-order valence-corrected chi connectivity index (χ1v) is 10.9. The van der Waals surface area contributed by atoms with E-state index in [9.17, 15) is 9.59 Å². The summed E-state index contributed by atoms with van der Waals surface area (Å²) in [4.78, 5) is 24.3. The van der Waals surface area contributed by atoms with Gasteiger partial charge in [-0.25, -0.2) is 5.43 Å². The van der Waals surface area contributed by atoms with Crippen LogP contribution in [-0.4, -0.2) is 17.5 Å². The molecule has 33 heavy (non-hydrogen) atoms. The third kappa shape index (κ3) is 6.57. The van der Waals surface area contributed by atoms with Crippen LogP contribution in [0.2, 0.25) is 10.0 Å². The standard InChI is InChI=1S/C25H23Cl2N3O3/c1-15-7-8-16(2)23(13-15)28-24(31)25(32)30-29-17(3)18-9-11-19(12-10-18)33-14-20-21(26)5-4-6-22(20)27/h4-13H,14H2,1-3H3,(H,28,31)(H,30,32). The molecule has 0 aliphatic carbocycles. The van der Waals surface area contributed by atoms with Gasteiger partial charge in [-0.2, -0.15) is 5.10 Å². The van der Waals surface area contributed by atoms with Crippen molar-refractivity contribution < 1.29 is 14.3 Å². The number of hydrogen-bond donors (Lipinski definition) is 2. The molecule has 0 aromatic heterocycles. The van der Waals surface area contributed by atoms with E-state index in [4.69, 9.17) is 27.9 Å². The Morgan fingerprint density at radius 2 is 1.61 bits per heavy atom. The van der Waals surface area contributed by atoms with E-state index in [1.54, 1.807) is 55.5 Å². The van der Waals surface area contributed by atoms with Crippen LogP contribution >= 0.6 is 23.2 Å². The van der Waals surface area contributed by atoms with Crippen LogP contribution in [0.25, 0.3) is 0 Å². The average molecular weight is 484 g/mol. The zero-order valence-electron chi connectivity index (χ0n) is 18.4. The molecule has 0 aliphatic heterocycles. The number of rotatable bonds is 6. The first kappa shape index (κ1) is 24.3. The van der Waals surface area contributed by atoms with Crippen molar-refractivity contribution in [3.63, 3.8) is 0 Å². The van der Waals surface area contributed by atoms with E-state index in [2.05, 4.69) is 15.8 Å². The van der Waals surface area contributed by atoms with Gasteiger partial charge in [0.15, 0.2) is 0 Å². The fraction of sp³-hybridized carbons (Fsp3) is 0.160. The van der Waals surface area contributed by atoms with Crippen molar-refractivity contribution in [1.82, 2.24) is 5.43 Å². The maximum Gasteiger partial charge on any atom is 0.329 e. The van der Waals surface area contributed by atoms with Crippen molar-refractivity contribution in [2.24, 2.45) is 5.10 Å². The molecule has 6 nitrogen and oxygen atoms in total. The van der Waals surface area contributed by atoms with Gasteiger partial charge in [0.05, 0.1) is 5.71 Å². The minimum Gasteiger partial charge on any atom is -0.489 e. The Labute approximate surface area is 202 Å². The lowest BCUT2D eigenvalue weighted by molar-refractivity contribution is -0.136. The van der Waals surface area contributed by atoms with E-state index in [1.165, 1.54) is 0 Å². The smallest absolute Gasteiger partial charge is 0.329 e. The highest BCUT2D eigenvalue weighted by atomic mass is 35.5. The SMILES string of the molecule is CC(=NNC(=O)C(=O)Nc1cc(C)ccc1C)c1ccc(OCc2c(Cl)cccc2Cl)cc1. The van der Waals surface area contributed by atoms with Gasteiger partial charge in [0.1, 0.15) is 12.4 Å². The highest BCUT2D eigenvalue weighted by Crippen LogP contribution is 2.26. The number of amides is 2. The second kappa shape index (κ2) is 11.0. The third-order valence-corrected chi connectivity index (χ3v) is 5.60. The van der Waals surface area contributed by atoms with Crippen molar-refractivity contribution in [3.8, 4) is 5.75 Å². The Bertz CT molecular complexity index is 1190. The second-order valence-electron chi connectivity index (χ2n) is 7.42. The van der Waals surface area contributed by atoms with Crippen molar-refractivity contribution in [2.45, 2.75) is 27.4 Å². The summed E-state index contributed by atoms with van der Waals surface area (Å²) < 4.78 is 5.76. The molecule has 3 rings (SSSR count). The molecule has 0 atom stereocenters. The molecule has 0 spiro atoms. The van der Waals surface area contributed by atoms with Crippen LogP contribution in [0.4, 0.5) is 5.69 Å². The van der Waals surface area contributed by atoms with E-state index < -0.39 is 11.8 Å². The molecule has 0 saturated carbocycles. The van der Waals surface area contributed by atoms with Gasteiger partial charge in [-0.1, -0.05) is 41.4 Å². The number of halogens is 2. The van der Waals surface area contributed by atoms with Crippen molar-refractivity contribution in [3.05, 3.63) is 93.0 Å². The molecule has 0 heterocycles. The number of carbonyl (C=O) groups is 2. The fourth-order valence-electron chi connectivity index (χ4n) is 2.92. The second-order valence-corrected chi connectivity index (χ2v) is 8.24. The van der Waals surface area contributed by atoms with Crippen molar-refractivity contribution in [1.29, 1.82) is 0 Å². The van der Waals surface area contributed by atoms with Gasteiger partial charge < -0.3 is 10.1 Å². The number of aryl methyl sites for hydroxylation is 2. The van der Waals surface area contributed by atoms with Crippen LogP contribution in [0.3, 0.4) is 0 Å². The number of hydrogen-bond acceptors (Lipinski definition) is 4. The van der Waals surface area contributed by atoms with Gasteiger partial charge in [-0.05, 0) is 79.9 Å². The number of ether oxygens (including phenoxy) is 1. The number of anilines is 1. The lowest BCUT2D eigenvalue weighted by atomic mass is 10.1. The summed E-state index contributed by atoms with van der Waals surface area (Å²) in [5.41, 5.74) is 6.71. The molecule has 0 bridgehead atoms. The minimum absolute atomic E-state index is 0.233. The van der Waals surface area contributed by atoms with Crippen LogP contribution in [0.15, 0.2) is 65.8 Å². The molecule has 0 saturated heterocycles. The minimum atomic E-state index is -0.855. The van der Waals surface area contributed by atoms with E-state index in [-0.39, 0.29) is 6.61 Å². The lowest BCUT2D eigenvalue weighted by Gasteiger charge is -2.10. The average Bonchev–Trinajstić information content (AvgIpc) is 2.79. The molecule has 3 aromatic rings. The molecular weight excluding hydrogens is 461 g/mol. The Kier molecular flexibility index (Phi) is 8.09. The lowest BCUT2D eigenvalue weighted by Crippen LogP contribution is -2.33. The summed E-state index contributed by atoms with van der Waals surface area (Å²) in [6.45, 7) is 5.72. The van der Waals surface area contributed by atoms with Gasteiger partial charge in [-0.15, -0.1) is 0 Å². The first-order chi connectivity index (χ1) is 15.7. The molecule has 2 amide bonds. The highest BCUT2D eigenvalue weighted by molar-refractivity contribution is 6.39. The molecule has 0 fully saturated rings. The van der Waals surface area contributed by atoms with Crippen LogP contribution in [0, 0.1) is 13.8 Å². The first-order valence-electron chi connectivity index (χ1n) is 10.1. The van der Waals surface area contributed by atoms with Crippen LogP contribution in [0.5, 0.6) is 5.75 Å². The van der Waals surface area contributed by atoms with Crippen LogP contribution in [0.1, 0.15) is 29.2 Å². The topological polar surface area (TPSA) is 79.8 Å². The summed E-state index contributed by atoms with van der Waals surface area (Å²) in [5.74, 6) is -1.02. The molecule has 170 valence electrons. The molecular formula is C25H23Cl2N3O3. The molecule has 0 radical (unpaired) electrons. The van der Waals surface area contributed by atoms with E-state index in [0.717, 1.165) is 16.7 Å². The summed E-state index contributed by atoms with van der Waals surface area (Å²) >= 11 is 12.3. The summed E-state index contributed by atoms with van der Waals surface area (Å²) in [6, 6.07) is 18.0. The number of hydrazone groups is 1. The quantitative estimate of drug-likeness (QED) is 0.269. The summed E-state index contributed by atoms with van der Waals surface area (Å²) in [6.07, 6.45) is 0. The number of nitrogens with zero attached hydrogens (tertiary/aromatic N) is 1. The van der Waals surface area contributed by atoms with Crippen molar-refractivity contribution in [2.75, 3.05) is 5.32 Å². The zero-order chi connectivity index (χ0) is 24.0. The monoisotopic (exact) mass is 483 g/mol. The Hall–Kier alpha value is -3.35.